The minimum atomic E-state index is -0.213. The lowest BCUT2D eigenvalue weighted by Crippen LogP contribution is -2.39. The fourth-order valence-corrected chi connectivity index (χ4v) is 2.54. The van der Waals surface area contributed by atoms with E-state index < -0.39 is 0 Å². The second-order valence-electron chi connectivity index (χ2n) is 6.27. The first-order chi connectivity index (χ1) is 12.5. The molecule has 0 aliphatic carbocycles. The van der Waals surface area contributed by atoms with Gasteiger partial charge in [-0.15, -0.1) is 0 Å². The molecular formula is C19H21N5O2. The second-order valence-corrected chi connectivity index (χ2v) is 6.27. The predicted octanol–water partition coefficient (Wildman–Crippen LogP) is 3.02. The van der Waals surface area contributed by atoms with Gasteiger partial charge < -0.3 is 16.0 Å². The first-order valence-corrected chi connectivity index (χ1v) is 8.39. The lowest BCUT2D eigenvalue weighted by Gasteiger charge is -2.10. The van der Waals surface area contributed by atoms with Crippen molar-refractivity contribution in [1.29, 1.82) is 0 Å². The van der Waals surface area contributed by atoms with E-state index in [9.17, 15) is 9.59 Å². The fraction of sp³-hybridized carbons (Fsp3) is 0.211. The monoisotopic (exact) mass is 351 g/mol. The van der Waals surface area contributed by atoms with E-state index >= 15 is 0 Å². The summed E-state index contributed by atoms with van der Waals surface area (Å²) < 4.78 is 0. The molecule has 0 aliphatic rings. The first kappa shape index (κ1) is 17.5. The van der Waals surface area contributed by atoms with Gasteiger partial charge >= 0.3 is 6.03 Å². The van der Waals surface area contributed by atoms with Crippen molar-refractivity contribution < 1.29 is 9.59 Å². The summed E-state index contributed by atoms with van der Waals surface area (Å²) in [5.41, 5.74) is 2.92. The number of benzene rings is 2. The summed E-state index contributed by atoms with van der Waals surface area (Å²) >= 11 is 0. The van der Waals surface area contributed by atoms with Gasteiger partial charge in [0.05, 0.1) is 17.4 Å². The van der Waals surface area contributed by atoms with Gasteiger partial charge in [-0.05, 0) is 37.6 Å². The van der Waals surface area contributed by atoms with Crippen molar-refractivity contribution in [3.63, 3.8) is 0 Å². The Morgan fingerprint density at radius 2 is 1.88 bits per heavy atom. The maximum absolute atomic E-state index is 12.5. The maximum atomic E-state index is 12.5. The summed E-state index contributed by atoms with van der Waals surface area (Å²) in [5.74, 6) is -0.204. The predicted molar refractivity (Wildman–Crippen MR) is 101 cm³/mol. The molecule has 0 fully saturated rings. The number of fused-ring (bicyclic) bond motifs is 1. The van der Waals surface area contributed by atoms with Crippen LogP contribution in [-0.2, 0) is 6.54 Å². The van der Waals surface area contributed by atoms with E-state index in [1.807, 2.05) is 44.2 Å². The molecule has 0 aliphatic heterocycles. The molecule has 1 heterocycles. The standard InChI is InChI=1S/C19H21N5O2/c1-12(2)22-19(26)20-10-13-6-8-14(9-7-13)18(25)23-16-5-3-4-15-11-21-24-17(15)16/h3-9,11-12H,10H2,1-2H3,(H,21,24)(H,23,25)(H2,20,22,26). The number of anilines is 1. The van der Waals surface area contributed by atoms with Crippen molar-refractivity contribution in [2.45, 2.75) is 26.4 Å². The Balaban J connectivity index is 1.62. The second kappa shape index (κ2) is 7.69. The maximum Gasteiger partial charge on any atom is 0.315 e. The Kier molecular flexibility index (Phi) is 5.17. The molecule has 7 heteroatoms. The SMILES string of the molecule is CC(C)NC(=O)NCc1ccc(C(=O)Nc2cccc3cn[nH]c23)cc1. The van der Waals surface area contributed by atoms with E-state index in [0.717, 1.165) is 16.5 Å². The van der Waals surface area contributed by atoms with Crippen LogP contribution in [0.1, 0.15) is 29.8 Å². The molecule has 3 rings (SSSR count). The summed E-state index contributed by atoms with van der Waals surface area (Å²) in [6.07, 6.45) is 1.71. The number of hydrogen-bond acceptors (Lipinski definition) is 3. The first-order valence-electron chi connectivity index (χ1n) is 8.39. The molecule has 26 heavy (non-hydrogen) atoms. The van der Waals surface area contributed by atoms with Gasteiger partial charge in [-0.3, -0.25) is 9.89 Å². The van der Waals surface area contributed by atoms with Crippen LogP contribution in [0.2, 0.25) is 0 Å². The number of carbonyl (C=O) groups is 2. The highest BCUT2D eigenvalue weighted by Crippen LogP contribution is 2.21. The zero-order valence-electron chi connectivity index (χ0n) is 14.7. The summed E-state index contributed by atoms with van der Waals surface area (Å²) in [5, 5.41) is 16.2. The van der Waals surface area contributed by atoms with Crippen molar-refractivity contribution in [2.24, 2.45) is 0 Å². The van der Waals surface area contributed by atoms with Crippen molar-refractivity contribution >= 4 is 28.5 Å². The van der Waals surface area contributed by atoms with E-state index in [4.69, 9.17) is 0 Å². The molecule has 3 aromatic rings. The van der Waals surface area contributed by atoms with E-state index in [0.29, 0.717) is 17.8 Å². The van der Waals surface area contributed by atoms with Crippen LogP contribution < -0.4 is 16.0 Å². The Bertz CT molecular complexity index is 915. The molecule has 0 spiro atoms. The molecule has 4 N–H and O–H groups in total. The minimum absolute atomic E-state index is 0.0837. The highest BCUT2D eigenvalue weighted by atomic mass is 16.2. The van der Waals surface area contributed by atoms with Crippen LogP contribution in [0.5, 0.6) is 0 Å². The number of rotatable bonds is 5. The largest absolute Gasteiger partial charge is 0.336 e. The van der Waals surface area contributed by atoms with Gasteiger partial charge in [-0.25, -0.2) is 4.79 Å². The van der Waals surface area contributed by atoms with E-state index in [2.05, 4.69) is 26.1 Å². The van der Waals surface area contributed by atoms with Gasteiger partial charge in [0.1, 0.15) is 0 Å². The van der Waals surface area contributed by atoms with Crippen LogP contribution >= 0.6 is 0 Å². The number of H-pyrrole nitrogens is 1. The van der Waals surface area contributed by atoms with E-state index in [-0.39, 0.29) is 18.0 Å². The van der Waals surface area contributed by atoms with Crippen LogP contribution in [0, 0.1) is 0 Å². The van der Waals surface area contributed by atoms with E-state index in [1.165, 1.54) is 0 Å². The molecule has 2 aromatic carbocycles. The van der Waals surface area contributed by atoms with Gasteiger partial charge in [0.15, 0.2) is 0 Å². The number of aromatic nitrogens is 2. The molecule has 3 amide bonds. The topological polar surface area (TPSA) is 98.9 Å². The van der Waals surface area contributed by atoms with Crippen LogP contribution in [0.4, 0.5) is 10.5 Å². The van der Waals surface area contributed by atoms with Crippen LogP contribution in [-0.4, -0.2) is 28.2 Å². The third-order valence-corrected chi connectivity index (χ3v) is 3.81. The van der Waals surface area contributed by atoms with Crippen LogP contribution in [0.25, 0.3) is 10.9 Å². The third kappa shape index (κ3) is 4.18. The number of urea groups is 1. The summed E-state index contributed by atoms with van der Waals surface area (Å²) in [6.45, 7) is 4.20. The average Bonchev–Trinajstić information content (AvgIpc) is 3.09. The van der Waals surface area contributed by atoms with Gasteiger partial charge in [0.25, 0.3) is 5.91 Å². The molecule has 0 unspecified atom stereocenters. The Morgan fingerprint density at radius 1 is 1.12 bits per heavy atom. The Labute approximate surface area is 151 Å². The molecular weight excluding hydrogens is 330 g/mol. The molecule has 0 radical (unpaired) electrons. The van der Waals surface area contributed by atoms with Crippen molar-refractivity contribution in [3.05, 3.63) is 59.8 Å². The number of aromatic amines is 1. The Morgan fingerprint density at radius 3 is 2.62 bits per heavy atom. The van der Waals surface area contributed by atoms with Crippen molar-refractivity contribution in [3.8, 4) is 0 Å². The number of para-hydroxylation sites is 1. The number of nitrogens with one attached hydrogen (secondary N) is 4. The lowest BCUT2D eigenvalue weighted by atomic mass is 10.1. The zero-order valence-corrected chi connectivity index (χ0v) is 14.7. The Hall–Kier alpha value is -3.35. The smallest absolute Gasteiger partial charge is 0.315 e. The van der Waals surface area contributed by atoms with Crippen LogP contribution in [0.3, 0.4) is 0 Å². The quantitative estimate of drug-likeness (QED) is 0.568. The van der Waals surface area contributed by atoms with Crippen LogP contribution in [0.15, 0.2) is 48.7 Å². The molecule has 1 aromatic heterocycles. The molecule has 134 valence electrons. The highest BCUT2D eigenvalue weighted by molar-refractivity contribution is 6.08. The molecule has 0 atom stereocenters. The minimum Gasteiger partial charge on any atom is -0.336 e. The zero-order chi connectivity index (χ0) is 18.5. The third-order valence-electron chi connectivity index (χ3n) is 3.81. The fourth-order valence-electron chi connectivity index (χ4n) is 2.54. The van der Waals surface area contributed by atoms with Crippen molar-refractivity contribution in [1.82, 2.24) is 20.8 Å². The van der Waals surface area contributed by atoms with Gasteiger partial charge in [-0.1, -0.05) is 24.3 Å². The molecule has 7 nitrogen and oxygen atoms in total. The van der Waals surface area contributed by atoms with Gasteiger partial charge in [0.2, 0.25) is 0 Å². The summed E-state index contributed by atoms with van der Waals surface area (Å²) in [7, 11) is 0. The van der Waals surface area contributed by atoms with E-state index in [1.54, 1.807) is 18.3 Å². The number of hydrogen-bond donors (Lipinski definition) is 4. The molecule has 0 saturated heterocycles. The number of nitrogens with zero attached hydrogens (tertiary/aromatic N) is 1. The number of carbonyl (C=O) groups excluding carboxylic acids is 2. The molecule has 0 saturated carbocycles. The average molecular weight is 351 g/mol. The summed E-state index contributed by atoms with van der Waals surface area (Å²) in [4.78, 5) is 24.0. The highest BCUT2D eigenvalue weighted by Gasteiger charge is 2.09. The lowest BCUT2D eigenvalue weighted by molar-refractivity contribution is 0.102. The normalized spacial score (nSPS) is 10.7. The summed E-state index contributed by atoms with van der Waals surface area (Å²) in [6, 6.07) is 12.6. The van der Waals surface area contributed by atoms with Gasteiger partial charge in [0, 0.05) is 23.5 Å². The van der Waals surface area contributed by atoms with Crippen molar-refractivity contribution in [2.75, 3.05) is 5.32 Å². The van der Waals surface area contributed by atoms with Gasteiger partial charge in [-0.2, -0.15) is 5.10 Å². The molecule has 0 bridgehead atoms. The number of amides is 3.